The SMILES string of the molecule is CS(=O)(=O)c1ccc(Cl)c(C(=O)NCc2ccccc2)c1. The Labute approximate surface area is 128 Å². The van der Waals surface area contributed by atoms with E-state index in [-0.39, 0.29) is 15.5 Å². The van der Waals surface area contributed by atoms with E-state index in [0.717, 1.165) is 11.8 Å². The van der Waals surface area contributed by atoms with Crippen LogP contribution in [0.1, 0.15) is 15.9 Å². The molecule has 0 fully saturated rings. The lowest BCUT2D eigenvalue weighted by atomic mass is 10.2. The van der Waals surface area contributed by atoms with Crippen LogP contribution < -0.4 is 5.32 Å². The number of hydrogen-bond donors (Lipinski definition) is 1. The predicted molar refractivity (Wildman–Crippen MR) is 82.2 cm³/mol. The van der Waals surface area contributed by atoms with Gasteiger partial charge in [0.25, 0.3) is 5.91 Å². The summed E-state index contributed by atoms with van der Waals surface area (Å²) in [4.78, 5) is 12.2. The number of carbonyl (C=O) groups excluding carboxylic acids is 1. The highest BCUT2D eigenvalue weighted by Crippen LogP contribution is 2.20. The van der Waals surface area contributed by atoms with Crippen LogP contribution in [0.25, 0.3) is 0 Å². The molecule has 1 N–H and O–H groups in total. The molecule has 0 saturated carbocycles. The summed E-state index contributed by atoms with van der Waals surface area (Å²) in [7, 11) is -3.38. The van der Waals surface area contributed by atoms with E-state index in [1.165, 1.54) is 18.2 Å². The van der Waals surface area contributed by atoms with Crippen molar-refractivity contribution in [3.63, 3.8) is 0 Å². The summed E-state index contributed by atoms with van der Waals surface area (Å²) in [5, 5.41) is 2.93. The van der Waals surface area contributed by atoms with Gasteiger partial charge >= 0.3 is 0 Å². The van der Waals surface area contributed by atoms with E-state index in [4.69, 9.17) is 11.6 Å². The van der Waals surface area contributed by atoms with Crippen molar-refractivity contribution in [2.24, 2.45) is 0 Å². The third-order valence-electron chi connectivity index (χ3n) is 2.91. The number of hydrogen-bond acceptors (Lipinski definition) is 3. The van der Waals surface area contributed by atoms with Gasteiger partial charge in [0.1, 0.15) is 0 Å². The van der Waals surface area contributed by atoms with E-state index in [2.05, 4.69) is 5.32 Å². The minimum atomic E-state index is -3.38. The first-order valence-electron chi connectivity index (χ1n) is 6.19. The van der Waals surface area contributed by atoms with Gasteiger partial charge in [0, 0.05) is 12.8 Å². The Bertz CT molecular complexity index is 758. The van der Waals surface area contributed by atoms with Gasteiger partial charge in [-0.25, -0.2) is 8.42 Å². The number of nitrogens with one attached hydrogen (secondary N) is 1. The van der Waals surface area contributed by atoms with Crippen LogP contribution in [0.15, 0.2) is 53.4 Å². The largest absolute Gasteiger partial charge is 0.348 e. The average molecular weight is 324 g/mol. The Morgan fingerprint density at radius 1 is 1.14 bits per heavy atom. The normalized spacial score (nSPS) is 11.1. The van der Waals surface area contributed by atoms with Crippen molar-refractivity contribution in [1.29, 1.82) is 0 Å². The lowest BCUT2D eigenvalue weighted by molar-refractivity contribution is 0.0951. The molecule has 0 radical (unpaired) electrons. The topological polar surface area (TPSA) is 63.2 Å². The molecule has 0 aliphatic rings. The molecule has 0 bridgehead atoms. The van der Waals surface area contributed by atoms with Gasteiger partial charge in [-0.2, -0.15) is 0 Å². The summed E-state index contributed by atoms with van der Waals surface area (Å²) >= 11 is 5.97. The molecule has 1 amide bonds. The maximum Gasteiger partial charge on any atom is 0.253 e. The Balaban J connectivity index is 2.19. The predicted octanol–water partition coefficient (Wildman–Crippen LogP) is 2.67. The molecule has 0 unspecified atom stereocenters. The second-order valence-corrected chi connectivity index (χ2v) is 7.01. The molecular formula is C15H14ClNO3S. The van der Waals surface area contributed by atoms with Crippen molar-refractivity contribution in [3.05, 3.63) is 64.7 Å². The molecule has 2 aromatic carbocycles. The highest BCUT2D eigenvalue weighted by molar-refractivity contribution is 7.90. The fraction of sp³-hybridized carbons (Fsp3) is 0.133. The molecule has 0 atom stereocenters. The zero-order valence-electron chi connectivity index (χ0n) is 11.3. The molecule has 4 nitrogen and oxygen atoms in total. The Morgan fingerprint density at radius 2 is 1.81 bits per heavy atom. The van der Waals surface area contributed by atoms with E-state index < -0.39 is 15.7 Å². The second kappa shape index (κ2) is 6.28. The quantitative estimate of drug-likeness (QED) is 0.941. The number of carbonyl (C=O) groups is 1. The Morgan fingerprint density at radius 3 is 2.43 bits per heavy atom. The summed E-state index contributed by atoms with van der Waals surface area (Å²) in [5.41, 5.74) is 1.09. The summed E-state index contributed by atoms with van der Waals surface area (Å²) in [6.07, 6.45) is 1.09. The molecule has 2 aromatic rings. The van der Waals surface area contributed by atoms with Crippen molar-refractivity contribution in [2.45, 2.75) is 11.4 Å². The molecule has 2 rings (SSSR count). The van der Waals surface area contributed by atoms with E-state index in [1.807, 2.05) is 30.3 Å². The lowest BCUT2D eigenvalue weighted by Gasteiger charge is -2.08. The third-order valence-corrected chi connectivity index (χ3v) is 4.35. The molecule has 0 spiro atoms. The van der Waals surface area contributed by atoms with Crippen LogP contribution in [0.2, 0.25) is 5.02 Å². The van der Waals surface area contributed by atoms with Gasteiger partial charge in [-0.3, -0.25) is 4.79 Å². The minimum Gasteiger partial charge on any atom is -0.348 e. The van der Waals surface area contributed by atoms with Crippen molar-refractivity contribution in [1.82, 2.24) is 5.32 Å². The summed E-state index contributed by atoms with van der Waals surface area (Å²) < 4.78 is 23.0. The van der Waals surface area contributed by atoms with Gasteiger partial charge in [0.2, 0.25) is 0 Å². The number of sulfone groups is 1. The lowest BCUT2D eigenvalue weighted by Crippen LogP contribution is -2.23. The van der Waals surface area contributed by atoms with Gasteiger partial charge in [-0.15, -0.1) is 0 Å². The minimum absolute atomic E-state index is 0.0664. The highest BCUT2D eigenvalue weighted by Gasteiger charge is 2.15. The third kappa shape index (κ3) is 4.06. The molecule has 0 aliphatic carbocycles. The molecule has 0 heterocycles. The van der Waals surface area contributed by atoms with Gasteiger partial charge in [-0.1, -0.05) is 41.9 Å². The van der Waals surface area contributed by atoms with Gasteiger partial charge in [-0.05, 0) is 23.8 Å². The van der Waals surface area contributed by atoms with Crippen molar-refractivity contribution < 1.29 is 13.2 Å². The van der Waals surface area contributed by atoms with Crippen LogP contribution in [0, 0.1) is 0 Å². The summed E-state index contributed by atoms with van der Waals surface area (Å²) in [6, 6.07) is 13.5. The van der Waals surface area contributed by atoms with Crippen LogP contribution in [0.5, 0.6) is 0 Å². The van der Waals surface area contributed by atoms with Crippen LogP contribution in [-0.2, 0) is 16.4 Å². The maximum absolute atomic E-state index is 12.1. The van der Waals surface area contributed by atoms with Crippen LogP contribution in [0.4, 0.5) is 0 Å². The molecule has 0 saturated heterocycles. The van der Waals surface area contributed by atoms with Crippen molar-refractivity contribution in [2.75, 3.05) is 6.26 Å². The van der Waals surface area contributed by atoms with E-state index >= 15 is 0 Å². The van der Waals surface area contributed by atoms with E-state index in [9.17, 15) is 13.2 Å². The molecule has 21 heavy (non-hydrogen) atoms. The van der Waals surface area contributed by atoms with Crippen LogP contribution >= 0.6 is 11.6 Å². The van der Waals surface area contributed by atoms with Crippen molar-refractivity contribution in [3.8, 4) is 0 Å². The monoisotopic (exact) mass is 323 g/mol. The Hall–Kier alpha value is -1.85. The second-order valence-electron chi connectivity index (χ2n) is 4.58. The molecule has 0 aliphatic heterocycles. The number of rotatable bonds is 4. The fourth-order valence-corrected chi connectivity index (χ4v) is 2.63. The van der Waals surface area contributed by atoms with Gasteiger partial charge < -0.3 is 5.32 Å². The average Bonchev–Trinajstić information content (AvgIpc) is 2.45. The van der Waals surface area contributed by atoms with Crippen LogP contribution in [0.3, 0.4) is 0 Å². The standard InChI is InChI=1S/C15H14ClNO3S/c1-21(19,20)12-7-8-14(16)13(9-12)15(18)17-10-11-5-3-2-4-6-11/h2-9H,10H2,1H3,(H,17,18). The first-order chi connectivity index (χ1) is 9.88. The number of benzene rings is 2. The Kier molecular flexibility index (Phi) is 4.65. The van der Waals surface area contributed by atoms with Gasteiger partial charge in [0.05, 0.1) is 15.5 Å². The zero-order valence-corrected chi connectivity index (χ0v) is 12.9. The molecule has 6 heteroatoms. The number of amides is 1. The van der Waals surface area contributed by atoms with Gasteiger partial charge in [0.15, 0.2) is 9.84 Å². The zero-order chi connectivity index (χ0) is 15.5. The molecule has 110 valence electrons. The van der Waals surface area contributed by atoms with Crippen molar-refractivity contribution >= 4 is 27.3 Å². The summed E-state index contributed by atoms with van der Waals surface area (Å²) in [6.45, 7) is 0.346. The first-order valence-corrected chi connectivity index (χ1v) is 8.46. The molecular weight excluding hydrogens is 310 g/mol. The maximum atomic E-state index is 12.1. The van der Waals surface area contributed by atoms with E-state index in [1.54, 1.807) is 0 Å². The number of halogens is 1. The van der Waals surface area contributed by atoms with Crippen LogP contribution in [-0.4, -0.2) is 20.6 Å². The first kappa shape index (κ1) is 15.5. The summed E-state index contributed by atoms with van der Waals surface area (Å²) in [5.74, 6) is -0.408. The molecule has 0 aromatic heterocycles. The fourth-order valence-electron chi connectivity index (χ4n) is 1.78. The smallest absolute Gasteiger partial charge is 0.253 e. The highest BCUT2D eigenvalue weighted by atomic mass is 35.5. The van der Waals surface area contributed by atoms with E-state index in [0.29, 0.717) is 6.54 Å².